The molecule has 2 rings (SSSR count). The van der Waals surface area contributed by atoms with Gasteiger partial charge >= 0.3 is 0 Å². The van der Waals surface area contributed by atoms with Gasteiger partial charge in [0.15, 0.2) is 0 Å². The van der Waals surface area contributed by atoms with Crippen LogP contribution in [0.3, 0.4) is 0 Å². The van der Waals surface area contributed by atoms with Crippen molar-refractivity contribution in [2.75, 3.05) is 6.54 Å². The summed E-state index contributed by atoms with van der Waals surface area (Å²) in [6.45, 7) is 6.34. The predicted molar refractivity (Wildman–Crippen MR) is 74.3 cm³/mol. The normalized spacial score (nSPS) is 15.5. The number of unbranched alkanes of at least 4 members (excludes halogenated alkanes) is 1. The van der Waals surface area contributed by atoms with Crippen molar-refractivity contribution in [1.82, 2.24) is 15.1 Å². The summed E-state index contributed by atoms with van der Waals surface area (Å²) in [5, 5.41) is 8.08. The molecule has 96 valence electrons. The van der Waals surface area contributed by atoms with E-state index in [9.17, 15) is 0 Å². The van der Waals surface area contributed by atoms with Crippen LogP contribution in [0.25, 0.3) is 0 Å². The molecule has 0 aliphatic heterocycles. The molecule has 0 spiro atoms. The van der Waals surface area contributed by atoms with E-state index in [-0.39, 0.29) is 0 Å². The minimum atomic E-state index is 0.838. The van der Waals surface area contributed by atoms with Crippen molar-refractivity contribution < 1.29 is 0 Å². The molecule has 0 bridgehead atoms. The Bertz CT molecular complexity index is 369. The predicted octanol–water partition coefficient (Wildman–Crippen LogP) is 3.05. The van der Waals surface area contributed by atoms with Crippen molar-refractivity contribution in [3.05, 3.63) is 15.9 Å². The number of halogens is 1. The molecule has 1 fully saturated rings. The number of hydrogen-bond donors (Lipinski definition) is 1. The highest BCUT2D eigenvalue weighted by atomic mass is 79.9. The fourth-order valence-corrected chi connectivity index (χ4v) is 2.60. The summed E-state index contributed by atoms with van der Waals surface area (Å²) in [6, 6.07) is 0.838. The average Bonchev–Trinajstić information content (AvgIpc) is 3.10. The minimum absolute atomic E-state index is 0.838. The van der Waals surface area contributed by atoms with Crippen LogP contribution in [0.2, 0.25) is 0 Å². The number of aryl methyl sites for hydroxylation is 2. The molecule has 3 nitrogen and oxygen atoms in total. The quantitative estimate of drug-likeness (QED) is 0.784. The lowest BCUT2D eigenvalue weighted by Crippen LogP contribution is -2.17. The maximum Gasteiger partial charge on any atom is 0.0738 e. The van der Waals surface area contributed by atoms with Gasteiger partial charge in [-0.3, -0.25) is 4.68 Å². The van der Waals surface area contributed by atoms with Crippen LogP contribution in [0.15, 0.2) is 4.47 Å². The first-order valence-corrected chi connectivity index (χ1v) is 7.46. The summed E-state index contributed by atoms with van der Waals surface area (Å²) in [4.78, 5) is 0. The third-order valence-corrected chi connectivity index (χ3v) is 4.34. The van der Waals surface area contributed by atoms with Gasteiger partial charge in [-0.05, 0) is 68.4 Å². The van der Waals surface area contributed by atoms with E-state index in [2.05, 4.69) is 44.9 Å². The number of rotatable bonds is 7. The molecule has 1 heterocycles. The summed E-state index contributed by atoms with van der Waals surface area (Å²) >= 11 is 3.65. The highest BCUT2D eigenvalue weighted by Gasteiger charge is 2.19. The van der Waals surface area contributed by atoms with E-state index in [0.29, 0.717) is 0 Å². The summed E-state index contributed by atoms with van der Waals surface area (Å²) in [5.74, 6) is 0. The van der Waals surface area contributed by atoms with Gasteiger partial charge in [-0.2, -0.15) is 5.10 Å². The van der Waals surface area contributed by atoms with Gasteiger partial charge in [-0.1, -0.05) is 0 Å². The lowest BCUT2D eigenvalue weighted by Gasteiger charge is -2.06. The monoisotopic (exact) mass is 299 g/mol. The van der Waals surface area contributed by atoms with Gasteiger partial charge in [0.25, 0.3) is 0 Å². The zero-order valence-electron chi connectivity index (χ0n) is 10.8. The molecule has 1 aliphatic rings. The first-order chi connectivity index (χ1) is 8.22. The van der Waals surface area contributed by atoms with Crippen molar-refractivity contribution in [3.8, 4) is 0 Å². The first-order valence-electron chi connectivity index (χ1n) is 6.67. The molecule has 1 aromatic heterocycles. The Labute approximate surface area is 112 Å². The number of aromatic nitrogens is 2. The highest BCUT2D eigenvalue weighted by molar-refractivity contribution is 9.10. The SMILES string of the molecule is CCn1nc(C)c(Br)c1CCCCNC1CC1. The van der Waals surface area contributed by atoms with Gasteiger partial charge in [-0.15, -0.1) is 0 Å². The summed E-state index contributed by atoms with van der Waals surface area (Å²) in [7, 11) is 0. The molecule has 0 atom stereocenters. The molecule has 17 heavy (non-hydrogen) atoms. The first kappa shape index (κ1) is 13.1. The topological polar surface area (TPSA) is 29.9 Å². The second kappa shape index (κ2) is 6.01. The Morgan fingerprint density at radius 2 is 2.18 bits per heavy atom. The molecule has 0 amide bonds. The van der Waals surface area contributed by atoms with Crippen molar-refractivity contribution in [1.29, 1.82) is 0 Å². The van der Waals surface area contributed by atoms with E-state index in [1.165, 1.54) is 42.4 Å². The van der Waals surface area contributed by atoms with Crippen LogP contribution in [0.5, 0.6) is 0 Å². The van der Waals surface area contributed by atoms with Crippen LogP contribution in [0, 0.1) is 6.92 Å². The van der Waals surface area contributed by atoms with Crippen LogP contribution in [-0.2, 0) is 13.0 Å². The second-order valence-corrected chi connectivity index (χ2v) is 5.64. The summed E-state index contributed by atoms with van der Waals surface area (Å²) in [5.41, 5.74) is 2.47. The Morgan fingerprint density at radius 1 is 1.41 bits per heavy atom. The average molecular weight is 300 g/mol. The van der Waals surface area contributed by atoms with Crippen molar-refractivity contribution in [3.63, 3.8) is 0 Å². The van der Waals surface area contributed by atoms with Crippen molar-refractivity contribution >= 4 is 15.9 Å². The number of nitrogens with zero attached hydrogens (tertiary/aromatic N) is 2. The summed E-state index contributed by atoms with van der Waals surface area (Å²) < 4.78 is 3.32. The fourth-order valence-electron chi connectivity index (χ4n) is 2.12. The highest BCUT2D eigenvalue weighted by Crippen LogP contribution is 2.23. The van der Waals surface area contributed by atoms with Crippen LogP contribution < -0.4 is 5.32 Å². The maximum atomic E-state index is 4.52. The maximum absolute atomic E-state index is 4.52. The molecule has 1 saturated carbocycles. The summed E-state index contributed by atoms with van der Waals surface area (Å²) in [6.07, 6.45) is 6.39. The van der Waals surface area contributed by atoms with Gasteiger partial charge in [0.1, 0.15) is 0 Å². The molecule has 0 saturated heterocycles. The standard InChI is InChI=1S/C13H22BrN3/c1-3-17-12(13(14)10(2)16-17)6-4-5-9-15-11-7-8-11/h11,15H,3-9H2,1-2H3. The zero-order chi connectivity index (χ0) is 12.3. The molecule has 1 aromatic rings. The van der Waals surface area contributed by atoms with E-state index in [0.717, 1.165) is 24.7 Å². The molecule has 4 heteroatoms. The van der Waals surface area contributed by atoms with Gasteiger partial charge in [0.05, 0.1) is 15.9 Å². The molecule has 1 N–H and O–H groups in total. The van der Waals surface area contributed by atoms with Gasteiger partial charge in [0.2, 0.25) is 0 Å². The van der Waals surface area contributed by atoms with Crippen molar-refractivity contribution in [2.24, 2.45) is 0 Å². The number of hydrogen-bond acceptors (Lipinski definition) is 2. The zero-order valence-corrected chi connectivity index (χ0v) is 12.4. The molecule has 1 aliphatic carbocycles. The molecule has 0 unspecified atom stereocenters. The third kappa shape index (κ3) is 3.55. The van der Waals surface area contributed by atoms with Crippen LogP contribution >= 0.6 is 15.9 Å². The van der Waals surface area contributed by atoms with E-state index >= 15 is 0 Å². The Kier molecular flexibility index (Phi) is 4.62. The fraction of sp³-hybridized carbons (Fsp3) is 0.769. The molecular formula is C13H22BrN3. The van der Waals surface area contributed by atoms with E-state index in [1.54, 1.807) is 0 Å². The van der Waals surface area contributed by atoms with E-state index < -0.39 is 0 Å². The Hall–Kier alpha value is -0.350. The Morgan fingerprint density at radius 3 is 2.82 bits per heavy atom. The molecular weight excluding hydrogens is 278 g/mol. The van der Waals surface area contributed by atoms with Gasteiger partial charge < -0.3 is 5.32 Å². The minimum Gasteiger partial charge on any atom is -0.314 e. The van der Waals surface area contributed by atoms with Crippen LogP contribution in [0.4, 0.5) is 0 Å². The lowest BCUT2D eigenvalue weighted by atomic mass is 10.2. The van der Waals surface area contributed by atoms with E-state index in [4.69, 9.17) is 0 Å². The lowest BCUT2D eigenvalue weighted by molar-refractivity contribution is 0.578. The van der Waals surface area contributed by atoms with E-state index in [1.807, 2.05) is 0 Å². The Balaban J connectivity index is 1.76. The van der Waals surface area contributed by atoms with Gasteiger partial charge in [-0.25, -0.2) is 0 Å². The van der Waals surface area contributed by atoms with Gasteiger partial charge in [0, 0.05) is 12.6 Å². The largest absolute Gasteiger partial charge is 0.314 e. The van der Waals surface area contributed by atoms with Crippen molar-refractivity contribution in [2.45, 2.75) is 58.5 Å². The molecule has 0 radical (unpaired) electrons. The molecule has 0 aromatic carbocycles. The third-order valence-electron chi connectivity index (χ3n) is 3.30. The second-order valence-electron chi connectivity index (χ2n) is 4.85. The number of nitrogens with one attached hydrogen (secondary N) is 1. The van der Waals surface area contributed by atoms with Crippen LogP contribution in [0.1, 0.15) is 44.0 Å². The smallest absolute Gasteiger partial charge is 0.0738 e. The van der Waals surface area contributed by atoms with Crippen LogP contribution in [-0.4, -0.2) is 22.4 Å².